The lowest BCUT2D eigenvalue weighted by atomic mass is 10.1. The molecule has 2 rings (SSSR count). The van der Waals surface area contributed by atoms with Crippen LogP contribution in [0.15, 0.2) is 6.07 Å². The van der Waals surface area contributed by atoms with E-state index in [4.69, 9.17) is 10.8 Å². The van der Waals surface area contributed by atoms with Crippen molar-refractivity contribution in [3.05, 3.63) is 11.9 Å². The molecule has 3 N–H and O–H groups in total. The minimum Gasteiger partial charge on any atom is -0.354 e. The maximum atomic E-state index is 5.52. The molecule has 19 heavy (non-hydrogen) atoms. The number of nitrogen functional groups attached to an aromatic ring is 1. The SMILES string of the molecule is CCCc1nc(NN)cc(N2CCCCCC2C)n1. The fourth-order valence-electron chi connectivity index (χ4n) is 2.65. The fourth-order valence-corrected chi connectivity index (χ4v) is 2.65. The van der Waals surface area contributed by atoms with Crippen molar-refractivity contribution in [2.24, 2.45) is 5.84 Å². The van der Waals surface area contributed by atoms with E-state index in [0.29, 0.717) is 11.9 Å². The van der Waals surface area contributed by atoms with Gasteiger partial charge < -0.3 is 10.3 Å². The number of aromatic nitrogens is 2. The molecule has 1 aliphatic heterocycles. The van der Waals surface area contributed by atoms with E-state index in [0.717, 1.165) is 31.0 Å². The van der Waals surface area contributed by atoms with Gasteiger partial charge >= 0.3 is 0 Å². The predicted molar refractivity (Wildman–Crippen MR) is 79.1 cm³/mol. The molecule has 5 heteroatoms. The van der Waals surface area contributed by atoms with Crippen LogP contribution in [0.1, 0.15) is 51.8 Å². The van der Waals surface area contributed by atoms with Gasteiger partial charge in [-0.15, -0.1) is 0 Å². The maximum absolute atomic E-state index is 5.52. The Bertz CT molecular complexity index is 407. The Balaban J connectivity index is 2.27. The molecule has 1 fully saturated rings. The van der Waals surface area contributed by atoms with Gasteiger partial charge in [-0.1, -0.05) is 19.8 Å². The highest BCUT2D eigenvalue weighted by atomic mass is 15.3. The van der Waals surface area contributed by atoms with Gasteiger partial charge in [-0.2, -0.15) is 0 Å². The Kier molecular flexibility index (Phi) is 4.96. The van der Waals surface area contributed by atoms with Gasteiger partial charge in [0.25, 0.3) is 0 Å². The van der Waals surface area contributed by atoms with Crippen LogP contribution in [-0.4, -0.2) is 22.6 Å². The quantitative estimate of drug-likeness (QED) is 0.645. The van der Waals surface area contributed by atoms with Crippen molar-refractivity contribution in [2.75, 3.05) is 16.9 Å². The molecule has 0 saturated carbocycles. The largest absolute Gasteiger partial charge is 0.354 e. The molecule has 0 bridgehead atoms. The zero-order chi connectivity index (χ0) is 13.7. The molecular weight excluding hydrogens is 238 g/mol. The highest BCUT2D eigenvalue weighted by molar-refractivity contribution is 5.49. The first kappa shape index (κ1) is 14.1. The molecule has 2 heterocycles. The number of hydrogen-bond donors (Lipinski definition) is 2. The summed E-state index contributed by atoms with van der Waals surface area (Å²) in [5, 5.41) is 0. The van der Waals surface area contributed by atoms with Gasteiger partial charge in [0.1, 0.15) is 17.5 Å². The molecule has 1 unspecified atom stereocenters. The van der Waals surface area contributed by atoms with Gasteiger partial charge in [-0.25, -0.2) is 15.8 Å². The second-order valence-corrected chi connectivity index (χ2v) is 5.31. The van der Waals surface area contributed by atoms with Gasteiger partial charge in [0.05, 0.1) is 0 Å². The molecule has 1 aliphatic rings. The number of rotatable bonds is 4. The lowest BCUT2D eigenvalue weighted by Gasteiger charge is -2.28. The van der Waals surface area contributed by atoms with Gasteiger partial charge in [0.15, 0.2) is 0 Å². The molecule has 0 aromatic carbocycles. The maximum Gasteiger partial charge on any atom is 0.145 e. The zero-order valence-corrected chi connectivity index (χ0v) is 12.0. The first-order valence-electron chi connectivity index (χ1n) is 7.35. The number of nitrogens with zero attached hydrogens (tertiary/aromatic N) is 3. The third-order valence-corrected chi connectivity index (χ3v) is 3.73. The Morgan fingerprint density at radius 3 is 2.95 bits per heavy atom. The highest BCUT2D eigenvalue weighted by Crippen LogP contribution is 2.24. The minimum absolute atomic E-state index is 0.539. The topological polar surface area (TPSA) is 67.1 Å². The second kappa shape index (κ2) is 6.70. The summed E-state index contributed by atoms with van der Waals surface area (Å²) in [6.45, 7) is 5.50. The third kappa shape index (κ3) is 3.56. The van der Waals surface area contributed by atoms with E-state index in [9.17, 15) is 0 Å². The highest BCUT2D eigenvalue weighted by Gasteiger charge is 2.19. The summed E-state index contributed by atoms with van der Waals surface area (Å²) in [5.41, 5.74) is 2.66. The summed E-state index contributed by atoms with van der Waals surface area (Å²) in [6.07, 6.45) is 7.04. The van der Waals surface area contributed by atoms with Gasteiger partial charge in [-0.05, 0) is 26.2 Å². The summed E-state index contributed by atoms with van der Waals surface area (Å²) in [6, 6.07) is 2.50. The lowest BCUT2D eigenvalue weighted by Crippen LogP contribution is -2.33. The van der Waals surface area contributed by atoms with Crippen molar-refractivity contribution < 1.29 is 0 Å². The van der Waals surface area contributed by atoms with Crippen LogP contribution in [0.3, 0.4) is 0 Å². The van der Waals surface area contributed by atoms with Gasteiger partial charge in [0, 0.05) is 25.1 Å². The molecule has 106 valence electrons. The number of nitrogens with one attached hydrogen (secondary N) is 1. The zero-order valence-electron chi connectivity index (χ0n) is 12.0. The van der Waals surface area contributed by atoms with Crippen LogP contribution in [0.25, 0.3) is 0 Å². The summed E-state index contributed by atoms with van der Waals surface area (Å²) >= 11 is 0. The molecule has 1 atom stereocenters. The van der Waals surface area contributed by atoms with Crippen LogP contribution in [-0.2, 0) is 6.42 Å². The van der Waals surface area contributed by atoms with Crippen molar-refractivity contribution in [1.29, 1.82) is 0 Å². The van der Waals surface area contributed by atoms with E-state index < -0.39 is 0 Å². The number of anilines is 2. The minimum atomic E-state index is 0.539. The molecule has 0 amide bonds. The average Bonchev–Trinajstić information content (AvgIpc) is 2.63. The second-order valence-electron chi connectivity index (χ2n) is 5.31. The monoisotopic (exact) mass is 263 g/mol. The van der Waals surface area contributed by atoms with Crippen LogP contribution < -0.4 is 16.2 Å². The Morgan fingerprint density at radius 2 is 2.21 bits per heavy atom. The average molecular weight is 263 g/mol. The Labute approximate surface area is 115 Å². The first-order chi connectivity index (χ1) is 9.24. The molecule has 0 radical (unpaired) electrons. The summed E-state index contributed by atoms with van der Waals surface area (Å²) in [4.78, 5) is 11.5. The molecule has 5 nitrogen and oxygen atoms in total. The molecule has 1 aromatic heterocycles. The first-order valence-corrected chi connectivity index (χ1v) is 7.35. The molecular formula is C14H25N5. The standard InChI is InChI=1S/C14H25N5/c1-3-7-12-16-13(18-15)10-14(17-12)19-9-6-4-5-8-11(19)2/h10-11H,3-9,15H2,1-2H3,(H,16,17,18). The van der Waals surface area contributed by atoms with Gasteiger partial charge in [-0.3, -0.25) is 0 Å². The van der Waals surface area contributed by atoms with Crippen LogP contribution in [0, 0.1) is 0 Å². The normalized spacial score (nSPS) is 20.2. The number of aryl methyl sites for hydroxylation is 1. The van der Waals surface area contributed by atoms with E-state index in [1.807, 2.05) is 6.07 Å². The van der Waals surface area contributed by atoms with Crippen LogP contribution in [0.5, 0.6) is 0 Å². The molecule has 0 spiro atoms. The molecule has 1 aromatic rings. The van der Waals surface area contributed by atoms with Crippen molar-refractivity contribution in [1.82, 2.24) is 9.97 Å². The fraction of sp³-hybridized carbons (Fsp3) is 0.714. The van der Waals surface area contributed by atoms with Crippen LogP contribution in [0.2, 0.25) is 0 Å². The number of hydrogen-bond acceptors (Lipinski definition) is 5. The van der Waals surface area contributed by atoms with E-state index in [-0.39, 0.29) is 0 Å². The van der Waals surface area contributed by atoms with Crippen molar-refractivity contribution >= 4 is 11.6 Å². The summed E-state index contributed by atoms with van der Waals surface area (Å²) in [5.74, 6) is 8.13. The van der Waals surface area contributed by atoms with Crippen molar-refractivity contribution in [2.45, 2.75) is 58.4 Å². The van der Waals surface area contributed by atoms with E-state index in [1.54, 1.807) is 0 Å². The van der Waals surface area contributed by atoms with Crippen LogP contribution in [0.4, 0.5) is 11.6 Å². The Morgan fingerprint density at radius 1 is 1.37 bits per heavy atom. The number of hydrazine groups is 1. The summed E-state index contributed by atoms with van der Waals surface area (Å²) in [7, 11) is 0. The van der Waals surface area contributed by atoms with Crippen molar-refractivity contribution in [3.63, 3.8) is 0 Å². The summed E-state index contributed by atoms with van der Waals surface area (Å²) < 4.78 is 0. The predicted octanol–water partition coefficient (Wildman–Crippen LogP) is 2.48. The molecule has 1 saturated heterocycles. The molecule has 0 aliphatic carbocycles. The lowest BCUT2D eigenvalue weighted by molar-refractivity contribution is 0.609. The smallest absolute Gasteiger partial charge is 0.145 e. The van der Waals surface area contributed by atoms with E-state index in [2.05, 4.69) is 29.2 Å². The van der Waals surface area contributed by atoms with Gasteiger partial charge in [0.2, 0.25) is 0 Å². The number of nitrogens with two attached hydrogens (primary N) is 1. The van der Waals surface area contributed by atoms with Crippen molar-refractivity contribution in [3.8, 4) is 0 Å². The Hall–Kier alpha value is -1.36. The van der Waals surface area contributed by atoms with Crippen LogP contribution >= 0.6 is 0 Å². The third-order valence-electron chi connectivity index (χ3n) is 3.73. The van der Waals surface area contributed by atoms with E-state index in [1.165, 1.54) is 25.7 Å². The van der Waals surface area contributed by atoms with E-state index >= 15 is 0 Å².